The predicted molar refractivity (Wildman–Crippen MR) is 80.7 cm³/mol. The van der Waals surface area contributed by atoms with E-state index >= 15 is 0 Å². The van der Waals surface area contributed by atoms with E-state index < -0.39 is 20.4 Å². The molecule has 0 N–H and O–H groups in total. The Morgan fingerprint density at radius 3 is 2.78 bits per heavy atom. The van der Waals surface area contributed by atoms with E-state index in [0.29, 0.717) is 29.3 Å². The Bertz CT molecular complexity index is 1030. The van der Waals surface area contributed by atoms with Crippen molar-refractivity contribution >= 4 is 20.7 Å². The summed E-state index contributed by atoms with van der Waals surface area (Å²) in [7, 11) is -3.34. The van der Waals surface area contributed by atoms with E-state index in [2.05, 4.69) is 15.1 Å². The number of hydrogen-bond acceptors (Lipinski definition) is 6. The van der Waals surface area contributed by atoms with Gasteiger partial charge in [-0.1, -0.05) is 11.2 Å². The smallest absolute Gasteiger partial charge is 0.260 e. The number of hydrogen-bond donors (Lipinski definition) is 0. The largest absolute Gasteiger partial charge is 0.334 e. The Morgan fingerprint density at radius 1 is 1.30 bits per heavy atom. The topological polar surface area (TPSA) is 86.0 Å². The van der Waals surface area contributed by atoms with E-state index in [0.717, 1.165) is 6.26 Å². The van der Waals surface area contributed by atoms with E-state index in [1.165, 1.54) is 12.1 Å². The molecule has 23 heavy (non-hydrogen) atoms. The fraction of sp³-hybridized carbons (Fsp3) is 0.267. The molecule has 0 unspecified atom stereocenters. The molecular weight excluding hydrogens is 321 g/mol. The van der Waals surface area contributed by atoms with Gasteiger partial charge in [0.1, 0.15) is 10.6 Å². The lowest BCUT2D eigenvalue weighted by atomic mass is 10.1. The number of pyridine rings is 1. The second kappa shape index (κ2) is 4.58. The Morgan fingerprint density at radius 2 is 2.09 bits per heavy atom. The zero-order valence-corrected chi connectivity index (χ0v) is 13.0. The average molecular weight is 333 g/mol. The van der Waals surface area contributed by atoms with Crippen molar-refractivity contribution in [1.29, 1.82) is 0 Å². The van der Waals surface area contributed by atoms with Crippen LogP contribution in [0.3, 0.4) is 0 Å². The van der Waals surface area contributed by atoms with E-state index in [1.54, 1.807) is 18.3 Å². The molecule has 0 bridgehead atoms. The molecule has 1 aliphatic carbocycles. The van der Waals surface area contributed by atoms with Crippen molar-refractivity contribution in [3.05, 3.63) is 42.1 Å². The molecule has 1 aliphatic rings. The van der Waals surface area contributed by atoms with Gasteiger partial charge in [0.2, 0.25) is 0 Å². The summed E-state index contributed by atoms with van der Waals surface area (Å²) in [6.07, 6.45) is 3.68. The third-order valence-electron chi connectivity index (χ3n) is 4.15. The summed E-state index contributed by atoms with van der Waals surface area (Å²) in [4.78, 5) is 8.43. The first-order chi connectivity index (χ1) is 10.9. The molecule has 118 valence electrons. The first-order valence-corrected chi connectivity index (χ1v) is 8.88. The van der Waals surface area contributed by atoms with Crippen molar-refractivity contribution in [2.24, 2.45) is 0 Å². The Labute approximate surface area is 131 Å². The highest BCUT2D eigenvalue weighted by molar-refractivity contribution is 7.91. The van der Waals surface area contributed by atoms with Gasteiger partial charge in [-0.3, -0.25) is 4.98 Å². The van der Waals surface area contributed by atoms with Crippen LogP contribution in [0.15, 0.2) is 35.0 Å². The summed E-state index contributed by atoms with van der Waals surface area (Å²) in [6.45, 7) is 0. The van der Waals surface area contributed by atoms with E-state index in [-0.39, 0.29) is 11.7 Å². The van der Waals surface area contributed by atoms with Crippen LogP contribution in [0.2, 0.25) is 0 Å². The number of nitrogens with zero attached hydrogens (tertiary/aromatic N) is 3. The summed E-state index contributed by atoms with van der Waals surface area (Å²) in [5.74, 6) is -0.258. The number of halogens is 1. The van der Waals surface area contributed by atoms with Gasteiger partial charge in [0.25, 0.3) is 5.89 Å². The monoisotopic (exact) mass is 333 g/mol. The molecule has 0 radical (unpaired) electrons. The first-order valence-electron chi connectivity index (χ1n) is 6.99. The molecule has 4 rings (SSSR count). The minimum Gasteiger partial charge on any atom is -0.334 e. The molecule has 0 aliphatic heterocycles. The van der Waals surface area contributed by atoms with E-state index in [1.807, 2.05) is 0 Å². The van der Waals surface area contributed by atoms with Crippen LogP contribution in [0.5, 0.6) is 0 Å². The summed E-state index contributed by atoms with van der Waals surface area (Å²) in [6, 6.07) is 6.05. The normalized spacial score (nSPS) is 16.6. The molecule has 1 fully saturated rings. The van der Waals surface area contributed by atoms with Gasteiger partial charge in [0.15, 0.2) is 15.7 Å². The molecule has 3 aromatic rings. The van der Waals surface area contributed by atoms with Crippen LogP contribution in [-0.4, -0.2) is 29.8 Å². The molecule has 0 atom stereocenters. The number of rotatable bonds is 3. The van der Waals surface area contributed by atoms with Gasteiger partial charge in [-0.15, -0.1) is 0 Å². The van der Waals surface area contributed by atoms with Crippen LogP contribution >= 0.6 is 0 Å². The maximum absolute atomic E-state index is 13.8. The van der Waals surface area contributed by atoms with E-state index in [9.17, 15) is 12.8 Å². The molecule has 8 heteroatoms. The Balaban J connectivity index is 1.88. The molecular formula is C15H12FN3O3S. The Hall–Kier alpha value is -2.35. The fourth-order valence-electron chi connectivity index (χ4n) is 2.71. The summed E-state index contributed by atoms with van der Waals surface area (Å²) in [5.41, 5.74) is 0.872. The van der Waals surface area contributed by atoms with Crippen molar-refractivity contribution in [2.75, 3.05) is 6.26 Å². The minimum atomic E-state index is -3.34. The molecule has 2 heterocycles. The maximum atomic E-state index is 13.8. The SMILES string of the molecule is CS(=O)(=O)C1(c2noc(-c3cc(F)cc4cccnc34)n2)CC1. The van der Waals surface area contributed by atoms with Gasteiger partial charge >= 0.3 is 0 Å². The molecule has 2 aromatic heterocycles. The number of benzene rings is 1. The highest BCUT2D eigenvalue weighted by Crippen LogP contribution is 2.51. The van der Waals surface area contributed by atoms with Crippen molar-refractivity contribution in [2.45, 2.75) is 17.6 Å². The van der Waals surface area contributed by atoms with Gasteiger partial charge in [0.05, 0.1) is 11.1 Å². The third-order valence-corrected chi connectivity index (χ3v) is 6.16. The molecule has 6 nitrogen and oxygen atoms in total. The van der Waals surface area contributed by atoms with Crippen molar-refractivity contribution < 1.29 is 17.3 Å². The number of fused-ring (bicyclic) bond motifs is 1. The van der Waals surface area contributed by atoms with Gasteiger partial charge in [0, 0.05) is 17.8 Å². The van der Waals surface area contributed by atoms with Crippen LogP contribution in [0.1, 0.15) is 18.7 Å². The molecule has 0 saturated heterocycles. The number of sulfone groups is 1. The summed E-state index contributed by atoms with van der Waals surface area (Å²) >= 11 is 0. The zero-order chi connectivity index (χ0) is 16.2. The number of aromatic nitrogens is 3. The predicted octanol–water partition coefficient (Wildman–Crippen LogP) is 2.46. The fourth-order valence-corrected chi connectivity index (χ4v) is 3.97. The van der Waals surface area contributed by atoms with Crippen molar-refractivity contribution in [3.63, 3.8) is 0 Å². The van der Waals surface area contributed by atoms with Gasteiger partial charge < -0.3 is 4.52 Å². The van der Waals surface area contributed by atoms with Crippen LogP contribution in [-0.2, 0) is 14.6 Å². The van der Waals surface area contributed by atoms with Crippen LogP contribution in [0.4, 0.5) is 4.39 Å². The standard InChI is InChI=1S/C15H12FN3O3S/c1-23(20,21)15(4-5-15)14-18-13(22-19-14)11-8-10(16)7-9-3-2-6-17-12(9)11/h2-3,6-8H,4-5H2,1H3. The highest BCUT2D eigenvalue weighted by Gasteiger charge is 2.57. The van der Waals surface area contributed by atoms with Crippen molar-refractivity contribution in [3.8, 4) is 11.5 Å². The molecule has 0 spiro atoms. The molecule has 1 aromatic carbocycles. The zero-order valence-electron chi connectivity index (χ0n) is 12.2. The van der Waals surface area contributed by atoms with Gasteiger partial charge in [-0.2, -0.15) is 4.98 Å². The summed E-state index contributed by atoms with van der Waals surface area (Å²) < 4.78 is 41.8. The second-order valence-electron chi connectivity index (χ2n) is 5.72. The minimum absolute atomic E-state index is 0.0677. The molecule has 1 saturated carbocycles. The lowest BCUT2D eigenvalue weighted by molar-refractivity contribution is 0.419. The lowest BCUT2D eigenvalue weighted by Gasteiger charge is -2.06. The van der Waals surface area contributed by atoms with Crippen LogP contribution in [0.25, 0.3) is 22.4 Å². The maximum Gasteiger partial charge on any atom is 0.260 e. The average Bonchev–Trinajstić information content (AvgIpc) is 3.18. The lowest BCUT2D eigenvalue weighted by Crippen LogP contribution is -2.20. The Kier molecular flexibility index (Phi) is 2.84. The van der Waals surface area contributed by atoms with Crippen LogP contribution < -0.4 is 0 Å². The third kappa shape index (κ3) is 2.13. The highest BCUT2D eigenvalue weighted by atomic mass is 32.2. The van der Waals surface area contributed by atoms with Crippen LogP contribution in [0, 0.1) is 5.82 Å². The summed E-state index contributed by atoms with van der Waals surface area (Å²) in [5, 5.41) is 4.42. The van der Waals surface area contributed by atoms with Gasteiger partial charge in [-0.05, 0) is 31.0 Å². The van der Waals surface area contributed by atoms with Gasteiger partial charge in [-0.25, -0.2) is 12.8 Å². The first kappa shape index (κ1) is 14.3. The van der Waals surface area contributed by atoms with Crippen molar-refractivity contribution in [1.82, 2.24) is 15.1 Å². The molecule has 0 amide bonds. The quantitative estimate of drug-likeness (QED) is 0.732. The second-order valence-corrected chi connectivity index (χ2v) is 8.04. The van der Waals surface area contributed by atoms with E-state index in [4.69, 9.17) is 4.52 Å².